The Kier molecular flexibility index (Phi) is 12.9. The van der Waals surface area contributed by atoms with E-state index < -0.39 is 0 Å². The third-order valence-corrected chi connectivity index (χ3v) is 9.01. The molecule has 0 amide bonds. The molecule has 0 atom stereocenters. The fourth-order valence-electron chi connectivity index (χ4n) is 4.59. The largest absolute Gasteiger partial charge is 0.781 e. The van der Waals surface area contributed by atoms with E-state index in [1.165, 1.54) is 22.3 Å². The topological polar surface area (TPSA) is 0 Å². The molecule has 0 saturated heterocycles. The molecule has 0 unspecified atom stereocenters. The van der Waals surface area contributed by atoms with Gasteiger partial charge in [-0.1, -0.05) is 170 Å². The van der Waals surface area contributed by atoms with Gasteiger partial charge in [-0.05, 0) is 44.5 Å². The van der Waals surface area contributed by atoms with Crippen LogP contribution in [0.3, 0.4) is 0 Å². The number of benzene rings is 6. The summed E-state index contributed by atoms with van der Waals surface area (Å²) in [7, 11) is 0. The Bertz CT molecular complexity index is 1690. The maximum absolute atomic E-state index is 5.54. The molecule has 6 aromatic carbocycles. The van der Waals surface area contributed by atoms with Crippen LogP contribution in [0, 0.1) is 0 Å². The van der Waals surface area contributed by atoms with E-state index in [0.717, 1.165) is 41.9 Å². The van der Waals surface area contributed by atoms with Gasteiger partial charge < -0.3 is 50.5 Å². The van der Waals surface area contributed by atoms with Crippen LogP contribution < -0.4 is 0 Å². The van der Waals surface area contributed by atoms with Crippen molar-refractivity contribution in [2.45, 2.75) is 0 Å². The van der Waals surface area contributed by atoms with Gasteiger partial charge in [-0.2, -0.15) is 19.6 Å². The van der Waals surface area contributed by atoms with Crippen molar-refractivity contribution in [3.63, 3.8) is 0 Å². The number of rotatable bonds is 6. The van der Waals surface area contributed by atoms with Gasteiger partial charge in [-0.15, -0.1) is 0 Å². The quantitative estimate of drug-likeness (QED) is 0.0966. The fraction of sp³-hybridized carbons (Fsp3) is 0. The summed E-state index contributed by atoms with van der Waals surface area (Å²) in [6, 6.07) is 56.9. The molecule has 0 radical (unpaired) electrons. The molecule has 0 nitrogen and oxygen atoms in total. The van der Waals surface area contributed by atoms with Gasteiger partial charge in [0.1, 0.15) is 0 Å². The summed E-state index contributed by atoms with van der Waals surface area (Å²) in [6.07, 6.45) is 0. The second-order valence-corrected chi connectivity index (χ2v) is 11.6. The predicted molar refractivity (Wildman–Crippen MR) is 200 cm³/mol. The van der Waals surface area contributed by atoms with Gasteiger partial charge in [0.25, 0.3) is 0 Å². The average molecular weight is 696 g/mol. The van der Waals surface area contributed by atoms with E-state index in [9.17, 15) is 0 Å². The smallest absolute Gasteiger partial charge is 0 e. The predicted octanol–water partition coefficient (Wildman–Crippen LogP) is 10.5. The molecular formula is C40H28NiS4-4. The summed E-state index contributed by atoms with van der Waals surface area (Å²) >= 11 is 22.1. The second kappa shape index (κ2) is 17.0. The molecule has 0 heterocycles. The third kappa shape index (κ3) is 9.11. The van der Waals surface area contributed by atoms with Crippen LogP contribution >= 0.6 is 0 Å². The van der Waals surface area contributed by atoms with Crippen molar-refractivity contribution in [1.29, 1.82) is 0 Å². The van der Waals surface area contributed by atoms with Gasteiger partial charge in [0, 0.05) is 16.5 Å². The first-order chi connectivity index (χ1) is 21.5. The molecule has 0 saturated carbocycles. The van der Waals surface area contributed by atoms with Crippen molar-refractivity contribution in [3.05, 3.63) is 192 Å². The summed E-state index contributed by atoms with van der Waals surface area (Å²) in [6.45, 7) is 0. The van der Waals surface area contributed by atoms with E-state index >= 15 is 0 Å². The Morgan fingerprint density at radius 3 is 0.711 bits per heavy atom. The van der Waals surface area contributed by atoms with Gasteiger partial charge in [0.05, 0.1) is 0 Å². The zero-order chi connectivity index (χ0) is 30.7. The van der Waals surface area contributed by atoms with Gasteiger partial charge >= 0.3 is 0 Å². The van der Waals surface area contributed by atoms with Crippen molar-refractivity contribution in [1.82, 2.24) is 0 Å². The van der Waals surface area contributed by atoms with Gasteiger partial charge in [0.2, 0.25) is 0 Å². The van der Waals surface area contributed by atoms with Crippen LogP contribution in [0.4, 0.5) is 0 Å². The normalized spacial score (nSPS) is 11.6. The van der Waals surface area contributed by atoms with Gasteiger partial charge in [0.15, 0.2) is 0 Å². The van der Waals surface area contributed by atoms with E-state index in [-0.39, 0.29) is 16.5 Å². The molecule has 0 aliphatic carbocycles. The fourth-order valence-corrected chi connectivity index (χ4v) is 5.61. The molecule has 0 aromatic heterocycles. The molecule has 0 spiro atoms. The average Bonchev–Trinajstić information content (AvgIpc) is 3.12. The zero-order valence-electron chi connectivity index (χ0n) is 24.1. The minimum absolute atomic E-state index is 0. The van der Waals surface area contributed by atoms with Crippen LogP contribution in [0.15, 0.2) is 170 Å². The third-order valence-electron chi connectivity index (χ3n) is 6.99. The van der Waals surface area contributed by atoms with Crippen LogP contribution in [-0.2, 0) is 67.0 Å². The second-order valence-electron chi connectivity index (χ2n) is 9.94. The maximum Gasteiger partial charge on any atom is 0 e. The van der Waals surface area contributed by atoms with Crippen molar-refractivity contribution >= 4 is 70.1 Å². The molecule has 6 aromatic rings. The summed E-state index contributed by atoms with van der Waals surface area (Å²) < 4.78 is 0. The first-order valence-electron chi connectivity index (χ1n) is 14.1. The molecular weight excluding hydrogens is 667 g/mol. The minimum Gasteiger partial charge on any atom is -0.781 e. The van der Waals surface area contributed by atoms with Crippen LogP contribution in [0.5, 0.6) is 0 Å². The molecule has 0 fully saturated rings. The minimum atomic E-state index is 0. The van der Waals surface area contributed by atoms with Crippen molar-refractivity contribution in [2.75, 3.05) is 0 Å². The molecule has 0 aliphatic heterocycles. The van der Waals surface area contributed by atoms with E-state index in [1.54, 1.807) is 0 Å². The first kappa shape index (κ1) is 34.1. The van der Waals surface area contributed by atoms with Gasteiger partial charge in [-0.3, -0.25) is 0 Å². The molecule has 0 aliphatic rings. The monoisotopic (exact) mass is 694 g/mol. The number of hydrogen-bond donors (Lipinski definition) is 0. The van der Waals surface area contributed by atoms with Crippen molar-refractivity contribution in [3.8, 4) is 22.3 Å². The maximum atomic E-state index is 5.54. The van der Waals surface area contributed by atoms with E-state index in [0.29, 0.717) is 0 Å². The van der Waals surface area contributed by atoms with E-state index in [4.69, 9.17) is 50.5 Å². The molecule has 45 heavy (non-hydrogen) atoms. The Morgan fingerprint density at radius 2 is 0.444 bits per heavy atom. The molecule has 5 heteroatoms. The molecule has 226 valence electrons. The van der Waals surface area contributed by atoms with Crippen molar-refractivity contribution in [2.24, 2.45) is 0 Å². The first-order valence-corrected chi connectivity index (χ1v) is 15.7. The molecule has 0 N–H and O–H groups in total. The zero-order valence-corrected chi connectivity index (χ0v) is 28.4. The van der Waals surface area contributed by atoms with E-state index in [2.05, 4.69) is 48.5 Å². The van der Waals surface area contributed by atoms with Crippen LogP contribution in [0.1, 0.15) is 22.3 Å². The molecule has 0 bridgehead atoms. The standard InChI is InChI=1S/2C20H16S2.Ni/c2*21-19(17-9-5-2-6-10-17)20(22)18-13-11-16(12-14-18)15-7-3-1-4-8-15;/h2*1-14,21-22H;/p-4/b2*20-19-;. The summed E-state index contributed by atoms with van der Waals surface area (Å²) in [4.78, 5) is 2.90. The van der Waals surface area contributed by atoms with E-state index in [1.807, 2.05) is 121 Å². The Morgan fingerprint density at radius 1 is 0.244 bits per heavy atom. The molecule has 6 rings (SSSR count). The summed E-state index contributed by atoms with van der Waals surface area (Å²) in [5.41, 5.74) is 8.73. The van der Waals surface area contributed by atoms with Crippen LogP contribution in [0.2, 0.25) is 0 Å². The Labute approximate surface area is 298 Å². The Balaban J connectivity index is 0.000000200. The van der Waals surface area contributed by atoms with Crippen LogP contribution in [0.25, 0.3) is 41.9 Å². The van der Waals surface area contributed by atoms with Gasteiger partial charge in [-0.25, -0.2) is 0 Å². The van der Waals surface area contributed by atoms with Crippen molar-refractivity contribution < 1.29 is 16.5 Å². The summed E-state index contributed by atoms with van der Waals surface area (Å²) in [5, 5.41) is 0. The summed E-state index contributed by atoms with van der Waals surface area (Å²) in [5.74, 6) is 0. The Hall–Kier alpha value is -3.83. The SMILES string of the molecule is [Ni].[S-]/C(=C(\[S-])c1ccc(-c2ccccc2)cc1)c1ccccc1.[S-]/C(=C(\[S-])c1ccc(-c2ccccc2)cc1)c1ccccc1. The van der Waals surface area contributed by atoms with Crippen LogP contribution in [-0.4, -0.2) is 0 Å². The number of hydrogen-bond acceptors (Lipinski definition) is 4.